The number of carbonyl (C=O) groups excluding carboxylic acids is 1. The first-order valence-electron chi connectivity index (χ1n) is 9.77. The number of rotatable bonds is 6. The Hall–Kier alpha value is -2.78. The molecule has 0 aliphatic carbocycles. The molecule has 0 spiro atoms. The maximum Gasteiger partial charge on any atom is 0.271 e. The first kappa shape index (κ1) is 21.9. The van der Waals surface area contributed by atoms with Crippen LogP contribution in [0.15, 0.2) is 47.4 Å². The van der Waals surface area contributed by atoms with Crippen molar-refractivity contribution in [1.29, 1.82) is 0 Å². The minimum atomic E-state index is -3.88. The first-order valence-corrected chi connectivity index (χ1v) is 11.2. The number of hydrogen-bond donors (Lipinski definition) is 1. The van der Waals surface area contributed by atoms with Gasteiger partial charge in [0.05, 0.1) is 9.82 Å². The minimum Gasteiger partial charge on any atom is -0.352 e. The normalized spacial score (nSPS) is 15.7. The summed E-state index contributed by atoms with van der Waals surface area (Å²) >= 11 is 0. The smallest absolute Gasteiger partial charge is 0.271 e. The number of nitro benzene ring substituents is 1. The van der Waals surface area contributed by atoms with Crippen molar-refractivity contribution in [1.82, 2.24) is 9.62 Å². The molecule has 1 fully saturated rings. The van der Waals surface area contributed by atoms with Gasteiger partial charge in [0.15, 0.2) is 0 Å². The van der Waals surface area contributed by atoms with Crippen molar-refractivity contribution in [2.75, 3.05) is 13.1 Å². The highest BCUT2D eigenvalue weighted by molar-refractivity contribution is 7.89. The van der Waals surface area contributed by atoms with E-state index in [1.807, 2.05) is 30.3 Å². The van der Waals surface area contributed by atoms with Gasteiger partial charge >= 0.3 is 0 Å². The standard InChI is InChI=1S/C21H25N3O5S/c1-15-12-19(24(26)27)13-20(16(15)2)30(28,29)23-10-8-18(9-11-23)21(25)22-14-17-6-4-3-5-7-17/h3-7,12-13,18H,8-11,14H2,1-2H3,(H,22,25). The topological polar surface area (TPSA) is 110 Å². The number of nitrogens with zero attached hydrogens (tertiary/aromatic N) is 2. The number of hydrogen-bond acceptors (Lipinski definition) is 5. The summed E-state index contributed by atoms with van der Waals surface area (Å²) in [6, 6.07) is 12.1. The molecule has 1 saturated heterocycles. The zero-order valence-electron chi connectivity index (χ0n) is 17.0. The van der Waals surface area contributed by atoms with E-state index in [9.17, 15) is 23.3 Å². The number of amides is 1. The average molecular weight is 432 g/mol. The Balaban J connectivity index is 1.67. The van der Waals surface area contributed by atoms with Crippen LogP contribution in [0.3, 0.4) is 0 Å². The van der Waals surface area contributed by atoms with Crippen LogP contribution in [0, 0.1) is 29.9 Å². The lowest BCUT2D eigenvalue weighted by Crippen LogP contribution is -2.43. The van der Waals surface area contributed by atoms with Crippen LogP contribution in [0.5, 0.6) is 0 Å². The van der Waals surface area contributed by atoms with Crippen LogP contribution < -0.4 is 5.32 Å². The molecule has 0 saturated carbocycles. The van der Waals surface area contributed by atoms with Gasteiger partial charge in [-0.3, -0.25) is 14.9 Å². The summed E-state index contributed by atoms with van der Waals surface area (Å²) in [6.07, 6.45) is 0.819. The molecule has 160 valence electrons. The third kappa shape index (κ3) is 4.68. The van der Waals surface area contributed by atoms with E-state index in [-0.39, 0.29) is 35.5 Å². The van der Waals surface area contributed by atoms with Gasteiger partial charge in [0.2, 0.25) is 15.9 Å². The highest BCUT2D eigenvalue weighted by Crippen LogP contribution is 2.30. The van der Waals surface area contributed by atoms with E-state index in [2.05, 4.69) is 5.32 Å². The molecule has 3 rings (SSSR count). The average Bonchev–Trinajstić information content (AvgIpc) is 2.74. The van der Waals surface area contributed by atoms with Gasteiger partial charge in [0.1, 0.15) is 0 Å². The van der Waals surface area contributed by atoms with Crippen LogP contribution in [0.25, 0.3) is 0 Å². The third-order valence-corrected chi connectivity index (χ3v) is 7.59. The molecule has 2 aromatic rings. The van der Waals surface area contributed by atoms with E-state index in [1.54, 1.807) is 13.8 Å². The van der Waals surface area contributed by atoms with E-state index in [1.165, 1.54) is 10.4 Å². The van der Waals surface area contributed by atoms with Crippen LogP contribution >= 0.6 is 0 Å². The second-order valence-corrected chi connectivity index (χ2v) is 9.43. The first-order chi connectivity index (χ1) is 14.2. The predicted molar refractivity (Wildman–Crippen MR) is 112 cm³/mol. The lowest BCUT2D eigenvalue weighted by molar-refractivity contribution is -0.385. The number of carbonyl (C=O) groups is 1. The van der Waals surface area contributed by atoms with Crippen molar-refractivity contribution in [3.05, 3.63) is 69.3 Å². The van der Waals surface area contributed by atoms with E-state index < -0.39 is 14.9 Å². The number of sulfonamides is 1. The molecule has 9 heteroatoms. The van der Waals surface area contributed by atoms with Crippen molar-refractivity contribution < 1.29 is 18.1 Å². The van der Waals surface area contributed by atoms with Crippen molar-refractivity contribution in [2.24, 2.45) is 5.92 Å². The minimum absolute atomic E-state index is 0.0406. The van der Waals surface area contributed by atoms with Crippen molar-refractivity contribution in [3.63, 3.8) is 0 Å². The Bertz CT molecular complexity index is 1050. The summed E-state index contributed by atoms with van der Waals surface area (Å²) < 4.78 is 27.6. The van der Waals surface area contributed by atoms with Gasteiger partial charge in [-0.15, -0.1) is 0 Å². The van der Waals surface area contributed by atoms with E-state index in [4.69, 9.17) is 0 Å². The monoisotopic (exact) mass is 431 g/mol. The molecule has 0 radical (unpaired) electrons. The number of nitrogens with one attached hydrogen (secondary N) is 1. The Labute approximate surface area is 176 Å². The Morgan fingerprint density at radius 1 is 1.17 bits per heavy atom. The second kappa shape index (κ2) is 8.93. The third-order valence-electron chi connectivity index (χ3n) is 5.57. The van der Waals surface area contributed by atoms with E-state index >= 15 is 0 Å². The molecule has 1 aliphatic heterocycles. The SMILES string of the molecule is Cc1cc([N+](=O)[O-])cc(S(=O)(=O)N2CCC(C(=O)NCc3ccccc3)CC2)c1C. The zero-order chi connectivity index (χ0) is 21.9. The zero-order valence-corrected chi connectivity index (χ0v) is 17.8. The van der Waals surface area contributed by atoms with Gasteiger partial charge in [-0.2, -0.15) is 4.31 Å². The summed E-state index contributed by atoms with van der Waals surface area (Å²) in [6.45, 7) is 4.14. The number of nitro groups is 1. The van der Waals surface area contributed by atoms with Crippen LogP contribution in [-0.4, -0.2) is 36.6 Å². The fourth-order valence-corrected chi connectivity index (χ4v) is 5.40. The molecule has 0 aromatic heterocycles. The van der Waals surface area contributed by atoms with Crippen molar-refractivity contribution >= 4 is 21.6 Å². The fraction of sp³-hybridized carbons (Fsp3) is 0.381. The molecule has 0 unspecified atom stereocenters. The summed E-state index contributed by atoms with van der Waals surface area (Å²) in [5.41, 5.74) is 1.82. The van der Waals surface area contributed by atoms with Crippen LogP contribution in [-0.2, 0) is 21.4 Å². The lowest BCUT2D eigenvalue weighted by atomic mass is 9.97. The Kier molecular flexibility index (Phi) is 6.52. The van der Waals surface area contributed by atoms with Gasteiger partial charge in [0, 0.05) is 37.7 Å². The predicted octanol–water partition coefficient (Wildman–Crippen LogP) is 2.93. The summed E-state index contributed by atoms with van der Waals surface area (Å²) in [7, 11) is -3.88. The summed E-state index contributed by atoms with van der Waals surface area (Å²) in [5.74, 6) is -0.341. The Morgan fingerprint density at radius 2 is 1.80 bits per heavy atom. The van der Waals surface area contributed by atoms with Gasteiger partial charge in [-0.25, -0.2) is 8.42 Å². The maximum absolute atomic E-state index is 13.1. The van der Waals surface area contributed by atoms with Gasteiger partial charge in [-0.05, 0) is 43.4 Å². The van der Waals surface area contributed by atoms with Gasteiger partial charge < -0.3 is 5.32 Å². The number of benzene rings is 2. The molecule has 0 atom stereocenters. The molecule has 2 aromatic carbocycles. The molecule has 1 N–H and O–H groups in total. The van der Waals surface area contributed by atoms with Crippen LogP contribution in [0.1, 0.15) is 29.5 Å². The second-order valence-electron chi connectivity index (χ2n) is 7.52. The maximum atomic E-state index is 13.1. The van der Waals surface area contributed by atoms with Crippen LogP contribution in [0.4, 0.5) is 5.69 Å². The van der Waals surface area contributed by atoms with Gasteiger partial charge in [-0.1, -0.05) is 30.3 Å². The van der Waals surface area contributed by atoms with E-state index in [0.29, 0.717) is 30.5 Å². The fourth-order valence-electron chi connectivity index (χ4n) is 3.61. The largest absolute Gasteiger partial charge is 0.352 e. The quantitative estimate of drug-likeness (QED) is 0.559. The van der Waals surface area contributed by atoms with Crippen molar-refractivity contribution in [2.45, 2.75) is 38.1 Å². The van der Waals surface area contributed by atoms with Crippen LogP contribution in [0.2, 0.25) is 0 Å². The molecular formula is C21H25N3O5S. The molecular weight excluding hydrogens is 406 g/mol. The highest BCUT2D eigenvalue weighted by atomic mass is 32.2. The molecule has 1 aliphatic rings. The number of non-ortho nitro benzene ring substituents is 1. The lowest BCUT2D eigenvalue weighted by Gasteiger charge is -2.31. The van der Waals surface area contributed by atoms with E-state index in [0.717, 1.165) is 11.6 Å². The summed E-state index contributed by atoms with van der Waals surface area (Å²) in [5, 5.41) is 14.1. The molecule has 0 bridgehead atoms. The van der Waals surface area contributed by atoms with Gasteiger partial charge in [0.25, 0.3) is 5.69 Å². The highest BCUT2D eigenvalue weighted by Gasteiger charge is 2.34. The number of piperidine rings is 1. The Morgan fingerprint density at radius 3 is 2.40 bits per heavy atom. The number of aryl methyl sites for hydroxylation is 1. The molecule has 1 heterocycles. The molecule has 30 heavy (non-hydrogen) atoms. The molecule has 8 nitrogen and oxygen atoms in total. The van der Waals surface area contributed by atoms with Crippen molar-refractivity contribution in [3.8, 4) is 0 Å². The molecule has 1 amide bonds. The summed E-state index contributed by atoms with van der Waals surface area (Å²) in [4.78, 5) is 23.0.